The van der Waals surface area contributed by atoms with E-state index in [0.29, 0.717) is 11.1 Å². The van der Waals surface area contributed by atoms with E-state index < -0.39 is 4.92 Å². The number of nitro benzene ring substituents is 1. The Balaban J connectivity index is 1.99. The fourth-order valence-corrected chi connectivity index (χ4v) is 2.03. The zero-order valence-corrected chi connectivity index (χ0v) is 12.5. The summed E-state index contributed by atoms with van der Waals surface area (Å²) in [5, 5.41) is 13.5. The molecule has 0 radical (unpaired) electrons. The van der Waals surface area contributed by atoms with Crippen molar-refractivity contribution in [2.75, 3.05) is 0 Å². The highest BCUT2D eigenvalue weighted by Gasteiger charge is 2.09. The number of hydrogen-bond acceptors (Lipinski definition) is 3. The molecule has 0 unspecified atom stereocenters. The fourth-order valence-electron chi connectivity index (χ4n) is 2.03. The van der Waals surface area contributed by atoms with Crippen molar-refractivity contribution < 1.29 is 14.1 Å². The largest absolute Gasteiger partial charge is 0.348 e. The zero-order valence-electron chi connectivity index (χ0n) is 12.5. The number of nitro groups is 1. The lowest BCUT2D eigenvalue weighted by atomic mass is 10.1. The van der Waals surface area contributed by atoms with E-state index in [1.54, 1.807) is 37.3 Å². The maximum absolute atomic E-state index is 13.2. The summed E-state index contributed by atoms with van der Waals surface area (Å²) in [6, 6.07) is 10.7. The second kappa shape index (κ2) is 7.31. The lowest BCUT2D eigenvalue weighted by molar-refractivity contribution is -0.385. The predicted molar refractivity (Wildman–Crippen MR) is 85.1 cm³/mol. The number of nitrogens with one attached hydrogen (secondary N) is 1. The third-order valence-electron chi connectivity index (χ3n) is 3.24. The molecule has 0 aliphatic carbocycles. The van der Waals surface area contributed by atoms with Crippen LogP contribution in [0.15, 0.2) is 48.5 Å². The van der Waals surface area contributed by atoms with Crippen molar-refractivity contribution in [3.05, 3.63) is 81.2 Å². The first-order valence-corrected chi connectivity index (χ1v) is 6.92. The molecule has 0 atom stereocenters. The zero-order chi connectivity index (χ0) is 16.8. The smallest absolute Gasteiger partial charge is 0.276 e. The molecular weight excluding hydrogens is 299 g/mol. The van der Waals surface area contributed by atoms with Crippen LogP contribution in [0, 0.1) is 22.9 Å². The average Bonchev–Trinajstić information content (AvgIpc) is 2.54. The highest BCUT2D eigenvalue weighted by atomic mass is 19.1. The Hall–Kier alpha value is -3.02. The van der Waals surface area contributed by atoms with Gasteiger partial charge in [-0.3, -0.25) is 14.9 Å². The van der Waals surface area contributed by atoms with Gasteiger partial charge >= 0.3 is 0 Å². The molecular formula is C17H15FN2O3. The lowest BCUT2D eigenvalue weighted by Crippen LogP contribution is -2.20. The Morgan fingerprint density at radius 1 is 1.30 bits per heavy atom. The molecule has 2 aromatic carbocycles. The van der Waals surface area contributed by atoms with Crippen molar-refractivity contribution in [3.63, 3.8) is 0 Å². The molecule has 0 heterocycles. The van der Waals surface area contributed by atoms with Crippen LogP contribution in [0.25, 0.3) is 6.08 Å². The minimum absolute atomic E-state index is 0.0642. The van der Waals surface area contributed by atoms with Gasteiger partial charge in [-0.25, -0.2) is 4.39 Å². The number of carbonyl (C=O) groups is 1. The highest BCUT2D eigenvalue weighted by Crippen LogP contribution is 2.18. The van der Waals surface area contributed by atoms with Gasteiger partial charge in [0.15, 0.2) is 0 Å². The number of nitrogens with zero attached hydrogens (tertiary/aromatic N) is 1. The summed E-state index contributed by atoms with van der Waals surface area (Å²) in [4.78, 5) is 22.2. The van der Waals surface area contributed by atoms with Crippen LogP contribution in [0.5, 0.6) is 0 Å². The summed E-state index contributed by atoms with van der Waals surface area (Å²) in [5.74, 6) is -0.679. The molecule has 1 amide bonds. The summed E-state index contributed by atoms with van der Waals surface area (Å²) in [6.45, 7) is 1.90. The maximum Gasteiger partial charge on any atom is 0.276 e. The van der Waals surface area contributed by atoms with Crippen molar-refractivity contribution in [3.8, 4) is 0 Å². The molecule has 1 N–H and O–H groups in total. The summed E-state index contributed by atoms with van der Waals surface area (Å²) >= 11 is 0. The van der Waals surface area contributed by atoms with Crippen molar-refractivity contribution >= 4 is 17.7 Å². The number of aryl methyl sites for hydroxylation is 1. The third kappa shape index (κ3) is 4.47. The van der Waals surface area contributed by atoms with E-state index in [2.05, 4.69) is 5.32 Å². The predicted octanol–water partition coefficient (Wildman–Crippen LogP) is 3.37. The number of rotatable bonds is 5. The standard InChI is InChI=1S/C17H15FN2O3/c1-12-10-13(6-8-15(12)18)11-19-17(21)9-7-14-4-2-3-5-16(14)20(22)23/h2-10H,11H2,1H3,(H,19,21)/b9-7+. The number of benzene rings is 2. The van der Waals surface area contributed by atoms with Gasteiger partial charge in [0.05, 0.1) is 10.5 Å². The molecule has 0 bridgehead atoms. The van der Waals surface area contributed by atoms with Crippen LogP contribution in [0.3, 0.4) is 0 Å². The van der Waals surface area contributed by atoms with Crippen LogP contribution in [-0.4, -0.2) is 10.8 Å². The Morgan fingerprint density at radius 3 is 2.74 bits per heavy atom. The minimum atomic E-state index is -0.501. The van der Waals surface area contributed by atoms with Gasteiger partial charge in [0.2, 0.25) is 5.91 Å². The second-order valence-electron chi connectivity index (χ2n) is 4.95. The van der Waals surface area contributed by atoms with Gasteiger partial charge in [-0.05, 0) is 36.3 Å². The van der Waals surface area contributed by atoms with Crippen LogP contribution in [-0.2, 0) is 11.3 Å². The number of amides is 1. The molecule has 0 aliphatic heterocycles. The Kier molecular flexibility index (Phi) is 5.19. The van der Waals surface area contributed by atoms with Crippen LogP contribution in [0.4, 0.5) is 10.1 Å². The Labute approximate surface area is 132 Å². The molecule has 0 saturated carbocycles. The Morgan fingerprint density at radius 2 is 2.04 bits per heavy atom. The van der Waals surface area contributed by atoms with E-state index in [4.69, 9.17) is 0 Å². The molecule has 5 nitrogen and oxygen atoms in total. The van der Waals surface area contributed by atoms with Crippen molar-refractivity contribution in [1.29, 1.82) is 0 Å². The molecule has 23 heavy (non-hydrogen) atoms. The van der Waals surface area contributed by atoms with Gasteiger partial charge in [-0.15, -0.1) is 0 Å². The van der Waals surface area contributed by atoms with Gasteiger partial charge in [0.1, 0.15) is 5.82 Å². The number of carbonyl (C=O) groups excluding carboxylic acids is 1. The quantitative estimate of drug-likeness (QED) is 0.522. The SMILES string of the molecule is Cc1cc(CNC(=O)/C=C/c2ccccc2[N+](=O)[O-])ccc1F. The first-order valence-electron chi connectivity index (χ1n) is 6.92. The van der Waals surface area contributed by atoms with E-state index in [1.165, 1.54) is 24.3 Å². The number of hydrogen-bond donors (Lipinski definition) is 1. The van der Waals surface area contributed by atoms with E-state index in [9.17, 15) is 19.3 Å². The topological polar surface area (TPSA) is 72.2 Å². The van der Waals surface area contributed by atoms with E-state index in [1.807, 2.05) is 0 Å². The van der Waals surface area contributed by atoms with E-state index in [0.717, 1.165) is 5.56 Å². The maximum atomic E-state index is 13.2. The van der Waals surface area contributed by atoms with Gasteiger partial charge in [-0.1, -0.05) is 24.3 Å². The molecule has 0 spiro atoms. The molecule has 0 aromatic heterocycles. The van der Waals surface area contributed by atoms with Gasteiger partial charge in [0.25, 0.3) is 5.69 Å². The van der Waals surface area contributed by atoms with Crippen molar-refractivity contribution in [1.82, 2.24) is 5.32 Å². The fraction of sp³-hybridized carbons (Fsp3) is 0.118. The molecule has 6 heteroatoms. The summed E-state index contributed by atoms with van der Waals surface area (Å²) < 4.78 is 13.2. The van der Waals surface area contributed by atoms with Crippen LogP contribution >= 0.6 is 0 Å². The molecule has 2 aromatic rings. The summed E-state index contributed by atoms with van der Waals surface area (Å²) in [7, 11) is 0. The van der Waals surface area contributed by atoms with Gasteiger partial charge in [-0.2, -0.15) is 0 Å². The molecule has 0 saturated heterocycles. The normalized spacial score (nSPS) is 10.7. The summed E-state index contributed by atoms with van der Waals surface area (Å²) in [5.41, 5.74) is 1.57. The number of para-hydroxylation sites is 1. The van der Waals surface area contributed by atoms with Crippen molar-refractivity contribution in [2.45, 2.75) is 13.5 Å². The van der Waals surface area contributed by atoms with E-state index in [-0.39, 0.29) is 24.0 Å². The van der Waals surface area contributed by atoms with Crippen molar-refractivity contribution in [2.24, 2.45) is 0 Å². The molecule has 0 aliphatic rings. The van der Waals surface area contributed by atoms with Gasteiger partial charge < -0.3 is 5.32 Å². The Bertz CT molecular complexity index is 772. The molecule has 118 valence electrons. The van der Waals surface area contributed by atoms with E-state index >= 15 is 0 Å². The average molecular weight is 314 g/mol. The van der Waals surface area contributed by atoms with Crippen LogP contribution < -0.4 is 5.32 Å². The first-order chi connectivity index (χ1) is 11.0. The molecule has 0 fully saturated rings. The van der Waals surface area contributed by atoms with Gasteiger partial charge in [0, 0.05) is 18.7 Å². The molecule has 2 rings (SSSR count). The first kappa shape index (κ1) is 16.4. The second-order valence-corrected chi connectivity index (χ2v) is 4.95. The van der Waals surface area contributed by atoms with Crippen LogP contribution in [0.1, 0.15) is 16.7 Å². The third-order valence-corrected chi connectivity index (χ3v) is 3.24. The monoisotopic (exact) mass is 314 g/mol. The highest BCUT2D eigenvalue weighted by molar-refractivity contribution is 5.92. The lowest BCUT2D eigenvalue weighted by Gasteiger charge is -2.04. The minimum Gasteiger partial charge on any atom is -0.348 e. The van der Waals surface area contributed by atoms with Crippen LogP contribution in [0.2, 0.25) is 0 Å². The summed E-state index contributed by atoms with van der Waals surface area (Å²) in [6.07, 6.45) is 2.63. The number of halogens is 1.